The maximum absolute atomic E-state index is 13.3. The molecule has 25 heavy (non-hydrogen) atoms. The number of benzene rings is 1. The van der Waals surface area contributed by atoms with Crippen LogP contribution in [0.15, 0.2) is 30.3 Å². The van der Waals surface area contributed by atoms with Gasteiger partial charge in [0.15, 0.2) is 5.78 Å². The lowest BCUT2D eigenvalue weighted by atomic mass is 10.0. The summed E-state index contributed by atoms with van der Waals surface area (Å²) in [6.45, 7) is 7.98. The van der Waals surface area contributed by atoms with Crippen molar-refractivity contribution >= 4 is 11.7 Å². The highest BCUT2D eigenvalue weighted by Crippen LogP contribution is 2.36. The van der Waals surface area contributed by atoms with Crippen LogP contribution in [-0.4, -0.2) is 27.6 Å². The number of H-pyrrole nitrogens is 1. The van der Waals surface area contributed by atoms with Gasteiger partial charge in [-0.15, -0.1) is 0 Å². The second kappa shape index (κ2) is 6.87. The minimum absolute atomic E-state index is 0.00449. The number of hydrogen-bond donors (Lipinski definition) is 1. The molecule has 1 unspecified atom stereocenters. The smallest absolute Gasteiger partial charge is 0.271 e. The van der Waals surface area contributed by atoms with Gasteiger partial charge in [-0.2, -0.15) is 0 Å². The third-order valence-corrected chi connectivity index (χ3v) is 5.26. The van der Waals surface area contributed by atoms with Crippen molar-refractivity contribution in [3.8, 4) is 0 Å². The number of aryl methyl sites for hydroxylation is 1. The van der Waals surface area contributed by atoms with Crippen LogP contribution in [-0.2, 0) is 6.54 Å². The maximum atomic E-state index is 13.3. The van der Waals surface area contributed by atoms with Crippen LogP contribution in [0.3, 0.4) is 0 Å². The van der Waals surface area contributed by atoms with E-state index in [0.29, 0.717) is 23.7 Å². The number of carbonyl (C=O) groups excluding carboxylic acids is 2. The van der Waals surface area contributed by atoms with E-state index in [0.717, 1.165) is 16.8 Å². The van der Waals surface area contributed by atoms with Crippen molar-refractivity contribution < 1.29 is 9.59 Å². The van der Waals surface area contributed by atoms with Crippen LogP contribution < -0.4 is 0 Å². The summed E-state index contributed by atoms with van der Waals surface area (Å²) in [6.07, 6.45) is 2.36. The van der Waals surface area contributed by atoms with E-state index in [1.165, 1.54) is 12.8 Å². The third-order valence-electron chi connectivity index (χ3n) is 5.26. The van der Waals surface area contributed by atoms with E-state index >= 15 is 0 Å². The van der Waals surface area contributed by atoms with Gasteiger partial charge in [0.25, 0.3) is 5.91 Å². The van der Waals surface area contributed by atoms with Gasteiger partial charge >= 0.3 is 0 Å². The average molecular weight is 338 g/mol. The predicted octanol–water partition coefficient (Wildman–Crippen LogP) is 4.28. The van der Waals surface area contributed by atoms with Crippen LogP contribution in [0, 0.1) is 19.8 Å². The van der Waals surface area contributed by atoms with Gasteiger partial charge in [0, 0.05) is 23.8 Å². The molecule has 1 atom stereocenters. The summed E-state index contributed by atoms with van der Waals surface area (Å²) >= 11 is 0. The molecule has 3 rings (SSSR count). The van der Waals surface area contributed by atoms with Gasteiger partial charge in [-0.1, -0.05) is 30.3 Å². The highest BCUT2D eigenvalue weighted by Gasteiger charge is 2.36. The molecule has 1 saturated carbocycles. The minimum atomic E-state index is -0.0173. The molecule has 4 heteroatoms. The number of Topliss-reactive ketones (excluding diaryl/α,β-unsaturated/α-hetero) is 1. The molecule has 1 aromatic heterocycles. The first-order valence-corrected chi connectivity index (χ1v) is 8.95. The van der Waals surface area contributed by atoms with Crippen molar-refractivity contribution in [3.63, 3.8) is 0 Å². The first kappa shape index (κ1) is 17.5. The molecule has 1 heterocycles. The molecule has 1 aliphatic carbocycles. The topological polar surface area (TPSA) is 53.2 Å². The van der Waals surface area contributed by atoms with Gasteiger partial charge in [-0.05, 0) is 57.6 Å². The van der Waals surface area contributed by atoms with Crippen LogP contribution in [0.25, 0.3) is 0 Å². The van der Waals surface area contributed by atoms with Gasteiger partial charge in [0.05, 0.1) is 0 Å². The van der Waals surface area contributed by atoms with Crippen molar-refractivity contribution in [2.45, 2.75) is 53.1 Å². The number of rotatable bonds is 6. The maximum Gasteiger partial charge on any atom is 0.271 e. The summed E-state index contributed by atoms with van der Waals surface area (Å²) in [5.74, 6) is 0.558. The highest BCUT2D eigenvalue weighted by atomic mass is 16.2. The van der Waals surface area contributed by atoms with E-state index in [2.05, 4.69) is 11.9 Å². The monoisotopic (exact) mass is 338 g/mol. The van der Waals surface area contributed by atoms with Gasteiger partial charge in [0.1, 0.15) is 5.69 Å². The zero-order valence-corrected chi connectivity index (χ0v) is 15.4. The van der Waals surface area contributed by atoms with Crippen molar-refractivity contribution in [3.05, 3.63) is 58.4 Å². The number of nitrogens with one attached hydrogen (secondary N) is 1. The molecule has 2 aromatic rings. The molecule has 0 bridgehead atoms. The Hall–Kier alpha value is -2.36. The Morgan fingerprint density at radius 2 is 1.84 bits per heavy atom. The molecule has 1 aliphatic rings. The second-order valence-electron chi connectivity index (χ2n) is 7.18. The fourth-order valence-electron chi connectivity index (χ4n) is 3.65. The van der Waals surface area contributed by atoms with E-state index in [4.69, 9.17) is 0 Å². The molecule has 0 aliphatic heterocycles. The van der Waals surface area contributed by atoms with Crippen LogP contribution >= 0.6 is 0 Å². The number of aromatic nitrogens is 1. The van der Waals surface area contributed by atoms with Crippen LogP contribution in [0.4, 0.5) is 0 Å². The van der Waals surface area contributed by atoms with E-state index < -0.39 is 0 Å². The lowest BCUT2D eigenvalue weighted by molar-refractivity contribution is 0.0648. The first-order chi connectivity index (χ1) is 11.9. The summed E-state index contributed by atoms with van der Waals surface area (Å²) in [5, 5.41) is 0. The number of ketones is 1. The lowest BCUT2D eigenvalue weighted by Gasteiger charge is -2.29. The Kier molecular flexibility index (Phi) is 4.80. The largest absolute Gasteiger partial charge is 0.354 e. The molecule has 0 radical (unpaired) electrons. The van der Waals surface area contributed by atoms with Crippen molar-refractivity contribution in [2.24, 2.45) is 5.92 Å². The summed E-state index contributed by atoms with van der Waals surface area (Å²) in [5.41, 5.74) is 3.84. The second-order valence-corrected chi connectivity index (χ2v) is 7.18. The number of aromatic amines is 1. The summed E-state index contributed by atoms with van der Waals surface area (Å²) < 4.78 is 0. The molecule has 1 amide bonds. The molecule has 4 nitrogen and oxygen atoms in total. The summed E-state index contributed by atoms with van der Waals surface area (Å²) in [4.78, 5) is 30.3. The Balaban J connectivity index is 1.94. The van der Waals surface area contributed by atoms with Gasteiger partial charge in [-0.25, -0.2) is 0 Å². The summed E-state index contributed by atoms with van der Waals surface area (Å²) in [7, 11) is 0. The Bertz CT molecular complexity index is 788. The zero-order valence-electron chi connectivity index (χ0n) is 15.4. The summed E-state index contributed by atoms with van der Waals surface area (Å²) in [6, 6.07) is 10.3. The SMILES string of the molecule is CC(=O)c1c(C)[nH]c(C(=O)N(Cc2ccccc2)C(C)C2CC2)c1C. The number of hydrogen-bond acceptors (Lipinski definition) is 2. The molecule has 0 spiro atoms. The van der Waals surface area contributed by atoms with Gasteiger partial charge in [0.2, 0.25) is 0 Å². The molecule has 0 saturated heterocycles. The lowest BCUT2D eigenvalue weighted by Crippen LogP contribution is -2.39. The fraction of sp³-hybridized carbons (Fsp3) is 0.429. The van der Waals surface area contributed by atoms with E-state index in [9.17, 15) is 9.59 Å². The van der Waals surface area contributed by atoms with E-state index in [1.54, 1.807) is 6.92 Å². The number of amides is 1. The molecule has 1 N–H and O–H groups in total. The first-order valence-electron chi connectivity index (χ1n) is 8.95. The molecule has 1 fully saturated rings. The number of nitrogens with zero attached hydrogens (tertiary/aromatic N) is 1. The van der Waals surface area contributed by atoms with Crippen LogP contribution in [0.1, 0.15) is 64.4 Å². The average Bonchev–Trinajstić information content (AvgIpc) is 3.37. The van der Waals surface area contributed by atoms with E-state index in [-0.39, 0.29) is 17.7 Å². The molecule has 1 aromatic carbocycles. The van der Waals surface area contributed by atoms with Gasteiger partial charge in [-0.3, -0.25) is 9.59 Å². The molecular weight excluding hydrogens is 312 g/mol. The zero-order chi connectivity index (χ0) is 18.1. The van der Waals surface area contributed by atoms with Crippen molar-refractivity contribution in [2.75, 3.05) is 0 Å². The fourth-order valence-corrected chi connectivity index (χ4v) is 3.65. The highest BCUT2D eigenvalue weighted by molar-refractivity contribution is 6.02. The van der Waals surface area contributed by atoms with E-state index in [1.807, 2.05) is 49.1 Å². The Morgan fingerprint density at radius 1 is 1.20 bits per heavy atom. The van der Waals surface area contributed by atoms with Gasteiger partial charge < -0.3 is 9.88 Å². The molecular formula is C21H26N2O2. The van der Waals surface area contributed by atoms with Crippen molar-refractivity contribution in [1.29, 1.82) is 0 Å². The predicted molar refractivity (Wildman–Crippen MR) is 98.8 cm³/mol. The standard InChI is InChI=1S/C21H26N2O2/c1-13-19(16(4)24)14(2)22-20(13)21(25)23(15(3)18-10-11-18)12-17-8-6-5-7-9-17/h5-9,15,18,22H,10-12H2,1-4H3. The van der Waals surface area contributed by atoms with Crippen LogP contribution in [0.2, 0.25) is 0 Å². The number of carbonyl (C=O) groups is 2. The third kappa shape index (κ3) is 3.53. The minimum Gasteiger partial charge on any atom is -0.354 e. The van der Waals surface area contributed by atoms with Crippen LogP contribution in [0.5, 0.6) is 0 Å². The quantitative estimate of drug-likeness (QED) is 0.800. The molecule has 132 valence electrons. The Labute approximate surface area is 149 Å². The normalized spacial score (nSPS) is 15.0. The van der Waals surface area contributed by atoms with Crippen molar-refractivity contribution in [1.82, 2.24) is 9.88 Å². The Morgan fingerprint density at radius 3 is 2.36 bits per heavy atom.